The molecule has 2 fully saturated rings. The normalized spacial score (nSPS) is 34.2. The molecule has 2 heterocycles. The molecule has 0 radical (unpaired) electrons. The van der Waals surface area contributed by atoms with Crippen molar-refractivity contribution in [2.75, 3.05) is 13.2 Å². The largest absolute Gasteiger partial charge is 0.461 e. The molecule has 0 aromatic heterocycles. The van der Waals surface area contributed by atoms with Gasteiger partial charge in [0.2, 0.25) is 0 Å². The summed E-state index contributed by atoms with van der Waals surface area (Å²) in [5.41, 5.74) is 0. The molecule has 0 aromatic rings. The molecule has 0 aromatic carbocycles. The van der Waals surface area contributed by atoms with Crippen molar-refractivity contribution in [3.63, 3.8) is 0 Å². The fourth-order valence-corrected chi connectivity index (χ4v) is 1.49. The third kappa shape index (κ3) is 1.65. The predicted octanol–water partition coefficient (Wildman–Crippen LogP) is -0.366. The second-order valence-corrected chi connectivity index (χ2v) is 3.03. The van der Waals surface area contributed by atoms with Crippen LogP contribution in [0.5, 0.6) is 0 Å². The van der Waals surface area contributed by atoms with Gasteiger partial charge in [0, 0.05) is 6.42 Å². The van der Waals surface area contributed by atoms with Crippen LogP contribution >= 0.6 is 0 Å². The standard InChI is InChI=1S/C8H10O5/c9-6-2-1-5(13-6)7-8(10)12-4-3-11-7/h5,7H,1-4H2. The Morgan fingerprint density at radius 1 is 1.23 bits per heavy atom. The van der Waals surface area contributed by atoms with Crippen molar-refractivity contribution in [1.82, 2.24) is 0 Å². The van der Waals surface area contributed by atoms with Crippen LogP contribution in [-0.2, 0) is 23.8 Å². The molecule has 72 valence electrons. The zero-order valence-electron chi connectivity index (χ0n) is 7.02. The Hall–Kier alpha value is -1.10. The van der Waals surface area contributed by atoms with E-state index in [1.165, 1.54) is 0 Å². The van der Waals surface area contributed by atoms with Crippen LogP contribution in [0.15, 0.2) is 0 Å². The topological polar surface area (TPSA) is 61.8 Å². The van der Waals surface area contributed by atoms with Crippen molar-refractivity contribution in [1.29, 1.82) is 0 Å². The molecule has 2 aliphatic rings. The summed E-state index contributed by atoms with van der Waals surface area (Å²) in [6.07, 6.45) is -0.253. The minimum Gasteiger partial charge on any atom is -0.461 e. The van der Waals surface area contributed by atoms with Crippen LogP contribution in [0.2, 0.25) is 0 Å². The summed E-state index contributed by atoms with van der Waals surface area (Å²) in [7, 11) is 0. The van der Waals surface area contributed by atoms with Crippen molar-refractivity contribution in [3.8, 4) is 0 Å². The number of hydrogen-bond acceptors (Lipinski definition) is 5. The number of carbonyl (C=O) groups is 2. The zero-order valence-corrected chi connectivity index (χ0v) is 7.02. The van der Waals surface area contributed by atoms with E-state index in [4.69, 9.17) is 14.2 Å². The van der Waals surface area contributed by atoms with E-state index in [-0.39, 0.29) is 12.6 Å². The van der Waals surface area contributed by atoms with Gasteiger partial charge in [0.25, 0.3) is 0 Å². The maximum Gasteiger partial charge on any atom is 0.339 e. The van der Waals surface area contributed by atoms with Crippen molar-refractivity contribution >= 4 is 11.9 Å². The highest BCUT2D eigenvalue weighted by Crippen LogP contribution is 2.21. The smallest absolute Gasteiger partial charge is 0.339 e. The monoisotopic (exact) mass is 186 g/mol. The first kappa shape index (κ1) is 8.50. The average Bonchev–Trinajstić information content (AvgIpc) is 2.53. The number of rotatable bonds is 1. The molecule has 0 N–H and O–H groups in total. The summed E-state index contributed by atoms with van der Waals surface area (Å²) in [6, 6.07) is 0. The van der Waals surface area contributed by atoms with Gasteiger partial charge in [-0.3, -0.25) is 4.79 Å². The highest BCUT2D eigenvalue weighted by atomic mass is 16.6. The second-order valence-electron chi connectivity index (χ2n) is 3.03. The molecule has 2 rings (SSSR count). The number of esters is 2. The first-order chi connectivity index (χ1) is 6.27. The van der Waals surface area contributed by atoms with E-state index in [9.17, 15) is 9.59 Å². The lowest BCUT2D eigenvalue weighted by Crippen LogP contribution is -2.42. The summed E-state index contributed by atoms with van der Waals surface area (Å²) < 4.78 is 14.9. The van der Waals surface area contributed by atoms with E-state index >= 15 is 0 Å². The van der Waals surface area contributed by atoms with Gasteiger partial charge in [-0.1, -0.05) is 0 Å². The number of hydrogen-bond donors (Lipinski definition) is 0. The van der Waals surface area contributed by atoms with Gasteiger partial charge in [-0.05, 0) is 6.42 Å². The highest BCUT2D eigenvalue weighted by molar-refractivity contribution is 5.78. The summed E-state index contributed by atoms with van der Waals surface area (Å²) in [4.78, 5) is 21.9. The molecule has 0 aliphatic carbocycles. The van der Waals surface area contributed by atoms with Crippen molar-refractivity contribution in [2.24, 2.45) is 0 Å². The molecular formula is C8H10O5. The van der Waals surface area contributed by atoms with Gasteiger partial charge in [-0.15, -0.1) is 0 Å². The van der Waals surface area contributed by atoms with Crippen LogP contribution in [0, 0.1) is 0 Å². The summed E-state index contributed by atoms with van der Waals surface area (Å²) in [5.74, 6) is -0.696. The van der Waals surface area contributed by atoms with Crippen molar-refractivity contribution < 1.29 is 23.8 Å². The Morgan fingerprint density at radius 3 is 2.69 bits per heavy atom. The number of ether oxygens (including phenoxy) is 3. The van der Waals surface area contributed by atoms with Crippen LogP contribution in [0.25, 0.3) is 0 Å². The Bertz CT molecular complexity index is 237. The molecule has 2 unspecified atom stereocenters. The van der Waals surface area contributed by atoms with Gasteiger partial charge < -0.3 is 14.2 Å². The molecule has 5 heteroatoms. The van der Waals surface area contributed by atoms with Gasteiger partial charge >= 0.3 is 11.9 Å². The summed E-state index contributed by atoms with van der Waals surface area (Å²) in [5, 5.41) is 0. The number of carbonyl (C=O) groups excluding carboxylic acids is 2. The zero-order chi connectivity index (χ0) is 9.26. The SMILES string of the molecule is O=C1CCC(C2OCCOC2=O)O1. The minimum absolute atomic E-state index is 0.271. The third-order valence-electron chi connectivity index (χ3n) is 2.11. The highest BCUT2D eigenvalue weighted by Gasteiger charge is 2.39. The van der Waals surface area contributed by atoms with Crippen molar-refractivity contribution in [3.05, 3.63) is 0 Å². The maximum atomic E-state index is 11.1. The molecular weight excluding hydrogens is 176 g/mol. The average molecular weight is 186 g/mol. The Balaban J connectivity index is 1.98. The fourth-order valence-electron chi connectivity index (χ4n) is 1.49. The van der Waals surface area contributed by atoms with E-state index in [0.29, 0.717) is 19.4 Å². The molecule has 5 nitrogen and oxygen atoms in total. The molecule has 2 saturated heterocycles. The van der Waals surface area contributed by atoms with Crippen molar-refractivity contribution in [2.45, 2.75) is 25.0 Å². The van der Waals surface area contributed by atoms with Crippen LogP contribution in [0.3, 0.4) is 0 Å². The second kappa shape index (κ2) is 3.33. The third-order valence-corrected chi connectivity index (χ3v) is 2.11. The van der Waals surface area contributed by atoms with Gasteiger partial charge in [0.05, 0.1) is 6.61 Å². The van der Waals surface area contributed by atoms with Gasteiger partial charge in [-0.2, -0.15) is 0 Å². The molecule has 0 amide bonds. The quantitative estimate of drug-likeness (QED) is 0.523. The van der Waals surface area contributed by atoms with E-state index < -0.39 is 18.2 Å². The van der Waals surface area contributed by atoms with Gasteiger partial charge in [-0.25, -0.2) is 4.79 Å². The lowest BCUT2D eigenvalue weighted by Gasteiger charge is -2.25. The first-order valence-electron chi connectivity index (χ1n) is 4.25. The van der Waals surface area contributed by atoms with E-state index in [1.807, 2.05) is 0 Å². The Labute approximate surface area is 74.9 Å². The lowest BCUT2D eigenvalue weighted by atomic mass is 10.1. The van der Waals surface area contributed by atoms with E-state index in [0.717, 1.165) is 0 Å². The Kier molecular flexibility index (Phi) is 2.18. The van der Waals surface area contributed by atoms with Gasteiger partial charge in [0.15, 0.2) is 6.10 Å². The molecule has 0 spiro atoms. The van der Waals surface area contributed by atoms with Crippen LogP contribution in [0.4, 0.5) is 0 Å². The maximum absolute atomic E-state index is 11.1. The molecule has 13 heavy (non-hydrogen) atoms. The van der Waals surface area contributed by atoms with E-state index in [2.05, 4.69) is 0 Å². The molecule has 0 bridgehead atoms. The van der Waals surface area contributed by atoms with E-state index in [1.54, 1.807) is 0 Å². The first-order valence-corrected chi connectivity index (χ1v) is 4.25. The predicted molar refractivity (Wildman–Crippen MR) is 39.8 cm³/mol. The Morgan fingerprint density at radius 2 is 2.08 bits per heavy atom. The number of cyclic esters (lactones) is 2. The van der Waals surface area contributed by atoms with Gasteiger partial charge in [0.1, 0.15) is 12.7 Å². The van der Waals surface area contributed by atoms with Crippen LogP contribution in [0.1, 0.15) is 12.8 Å². The molecule has 2 atom stereocenters. The van der Waals surface area contributed by atoms with Crippen LogP contribution in [-0.4, -0.2) is 37.4 Å². The molecule has 0 saturated carbocycles. The minimum atomic E-state index is -0.708. The fraction of sp³-hybridized carbons (Fsp3) is 0.750. The summed E-state index contributed by atoms with van der Waals surface area (Å²) in [6.45, 7) is 0.667. The summed E-state index contributed by atoms with van der Waals surface area (Å²) >= 11 is 0. The molecule has 2 aliphatic heterocycles. The lowest BCUT2D eigenvalue weighted by molar-refractivity contribution is -0.183. The van der Waals surface area contributed by atoms with Crippen LogP contribution < -0.4 is 0 Å².